The molecule has 0 N–H and O–H groups in total. The molecule has 0 saturated heterocycles. The van der Waals surface area contributed by atoms with Crippen LogP contribution >= 0.6 is 15.8 Å². The van der Waals surface area contributed by atoms with E-state index in [0.717, 1.165) is 34.9 Å². The van der Waals surface area contributed by atoms with Gasteiger partial charge in [0.25, 0.3) is 0 Å². The van der Waals surface area contributed by atoms with E-state index >= 15 is 0 Å². The Morgan fingerprint density at radius 2 is 0.750 bits per heavy atom. The Labute approximate surface area is 208 Å². The molecule has 36 heavy (non-hydrogen) atoms. The van der Waals surface area contributed by atoms with Crippen LogP contribution in [0, 0.1) is 0 Å². The topological polar surface area (TPSA) is 0 Å². The van der Waals surface area contributed by atoms with Gasteiger partial charge in [-0.3, -0.25) is 0 Å². The smallest absolute Gasteiger partial charge is 0.166 e. The van der Waals surface area contributed by atoms with Gasteiger partial charge >= 0.3 is 12.4 Å². The molecule has 8 heteroatoms. The highest BCUT2D eigenvalue weighted by Gasteiger charge is 2.33. The molecule has 0 nitrogen and oxygen atoms in total. The zero-order valence-electron chi connectivity index (χ0n) is 19.0. The van der Waals surface area contributed by atoms with Gasteiger partial charge in [0, 0.05) is 0 Å². The molecule has 0 atom stereocenters. The van der Waals surface area contributed by atoms with E-state index in [-0.39, 0.29) is 0 Å². The largest absolute Gasteiger partial charge is 0.416 e. The molecule has 0 amide bonds. The van der Waals surface area contributed by atoms with Crippen LogP contribution < -0.4 is 21.2 Å². The van der Waals surface area contributed by atoms with Gasteiger partial charge in [-0.1, -0.05) is 84.9 Å². The van der Waals surface area contributed by atoms with Crippen molar-refractivity contribution in [1.82, 2.24) is 0 Å². The first-order valence-corrected chi connectivity index (χ1v) is 14.2. The molecule has 0 fully saturated rings. The molecule has 0 aliphatic carbocycles. The molecular formula is C28H22F6P2. The molecule has 0 bridgehead atoms. The number of alkyl halides is 6. The van der Waals surface area contributed by atoms with Crippen molar-refractivity contribution >= 4 is 37.1 Å². The first kappa shape index (κ1) is 26.4. The molecule has 4 rings (SSSR count). The van der Waals surface area contributed by atoms with E-state index in [1.54, 1.807) is 12.1 Å². The summed E-state index contributed by atoms with van der Waals surface area (Å²) in [7, 11) is -2.33. The minimum absolute atomic E-state index is 0.412. The van der Waals surface area contributed by atoms with Crippen LogP contribution in [0.15, 0.2) is 109 Å². The lowest BCUT2D eigenvalue weighted by Gasteiger charge is -2.25. The van der Waals surface area contributed by atoms with Gasteiger partial charge in [-0.2, -0.15) is 26.3 Å². The summed E-state index contributed by atoms with van der Waals surface area (Å²) in [6, 6.07) is 29.7. The van der Waals surface area contributed by atoms with Crippen LogP contribution in [0.25, 0.3) is 0 Å². The maximum Gasteiger partial charge on any atom is 0.416 e. The van der Waals surface area contributed by atoms with Crippen molar-refractivity contribution in [2.45, 2.75) is 12.4 Å². The number of hydrogen-bond acceptors (Lipinski definition) is 0. The first-order valence-electron chi connectivity index (χ1n) is 11.1. The maximum absolute atomic E-state index is 13.5. The van der Waals surface area contributed by atoms with E-state index in [4.69, 9.17) is 0 Å². The van der Waals surface area contributed by atoms with Gasteiger partial charge in [-0.15, -0.1) is 0 Å². The van der Waals surface area contributed by atoms with Gasteiger partial charge < -0.3 is 0 Å². The second-order valence-corrected chi connectivity index (χ2v) is 12.7. The van der Waals surface area contributed by atoms with Crippen LogP contribution in [-0.2, 0) is 12.4 Å². The van der Waals surface area contributed by atoms with Crippen molar-refractivity contribution in [1.29, 1.82) is 0 Å². The predicted octanol–water partition coefficient (Wildman–Crippen LogP) is 7.29. The number of halogens is 6. The van der Waals surface area contributed by atoms with Crippen molar-refractivity contribution in [2.75, 3.05) is 12.3 Å². The lowest BCUT2D eigenvalue weighted by atomic mass is 10.2. The molecule has 0 radical (unpaired) electrons. The van der Waals surface area contributed by atoms with Crippen molar-refractivity contribution in [2.24, 2.45) is 0 Å². The van der Waals surface area contributed by atoms with Crippen LogP contribution in [0.5, 0.6) is 0 Å². The highest BCUT2D eigenvalue weighted by Crippen LogP contribution is 2.43. The second-order valence-electron chi connectivity index (χ2n) is 8.07. The number of rotatable bonds is 7. The third-order valence-electron chi connectivity index (χ3n) is 5.65. The standard InChI is InChI=1S/C28H22F6P2/c29-27(30,31)21-9-7-15-25(19-21)36(26-16-8-10-22(20-26)28(32,33)34)18-17-35(23-11-3-1-4-12-23)24-13-5-2-6-14-24/h1-16,19-20H,17-18H2. The van der Waals surface area contributed by atoms with E-state index in [1.807, 2.05) is 60.7 Å². The minimum Gasteiger partial charge on any atom is -0.166 e. The van der Waals surface area contributed by atoms with Crippen LogP contribution in [0.2, 0.25) is 0 Å². The van der Waals surface area contributed by atoms with E-state index in [1.165, 1.54) is 12.1 Å². The number of benzene rings is 4. The summed E-state index contributed by atoms with van der Waals surface area (Å²) in [6.45, 7) is 0. The van der Waals surface area contributed by atoms with Crippen LogP contribution in [-0.4, -0.2) is 12.3 Å². The van der Waals surface area contributed by atoms with Gasteiger partial charge in [-0.25, -0.2) is 0 Å². The average molecular weight is 534 g/mol. The molecular weight excluding hydrogens is 512 g/mol. The zero-order chi connectivity index (χ0) is 25.8. The third kappa shape index (κ3) is 6.55. The van der Waals surface area contributed by atoms with E-state index in [0.29, 0.717) is 22.9 Å². The van der Waals surface area contributed by atoms with Gasteiger partial charge in [-0.05, 0) is 73.7 Å². The second kappa shape index (κ2) is 11.2. The molecule has 4 aromatic rings. The molecule has 0 spiro atoms. The Balaban J connectivity index is 1.75. The average Bonchev–Trinajstić information content (AvgIpc) is 2.87. The summed E-state index contributed by atoms with van der Waals surface area (Å²) in [6.07, 6.45) is -7.99. The van der Waals surface area contributed by atoms with E-state index in [9.17, 15) is 26.3 Å². The normalized spacial score (nSPS) is 12.3. The van der Waals surface area contributed by atoms with Gasteiger partial charge in [0.15, 0.2) is 0 Å². The van der Waals surface area contributed by atoms with E-state index < -0.39 is 39.3 Å². The fourth-order valence-corrected chi connectivity index (χ4v) is 9.35. The Hall–Kier alpha value is -2.68. The SMILES string of the molecule is FC(F)(F)c1cccc(P(CCP(c2ccccc2)c2ccccc2)c2cccc(C(F)(F)F)c2)c1. The molecule has 186 valence electrons. The summed E-state index contributed by atoms with van der Waals surface area (Å²) in [5.74, 6) is 0. The van der Waals surface area contributed by atoms with Gasteiger partial charge in [0.1, 0.15) is 0 Å². The molecule has 0 heterocycles. The van der Waals surface area contributed by atoms with Crippen LogP contribution in [0.1, 0.15) is 11.1 Å². The minimum atomic E-state index is -4.54. The molecule has 0 aliphatic heterocycles. The summed E-state index contributed by atoms with van der Waals surface area (Å²) < 4.78 is 80.8. The highest BCUT2D eigenvalue weighted by atomic mass is 31.1. The van der Waals surface area contributed by atoms with Crippen molar-refractivity contribution in [3.63, 3.8) is 0 Å². The Kier molecular flexibility index (Phi) is 8.17. The lowest BCUT2D eigenvalue weighted by Crippen LogP contribution is -2.21. The molecule has 4 aromatic carbocycles. The Morgan fingerprint density at radius 1 is 0.417 bits per heavy atom. The van der Waals surface area contributed by atoms with Crippen molar-refractivity contribution < 1.29 is 26.3 Å². The van der Waals surface area contributed by atoms with Gasteiger partial charge in [0.05, 0.1) is 11.1 Å². The third-order valence-corrected chi connectivity index (χ3v) is 11.0. The summed E-state index contributed by atoms with van der Waals surface area (Å²) in [5, 5.41) is 3.05. The van der Waals surface area contributed by atoms with Gasteiger partial charge in [0.2, 0.25) is 0 Å². The molecule has 0 aromatic heterocycles. The highest BCUT2D eigenvalue weighted by molar-refractivity contribution is 7.76. The molecule has 0 unspecified atom stereocenters. The van der Waals surface area contributed by atoms with Crippen molar-refractivity contribution in [3.05, 3.63) is 120 Å². The maximum atomic E-state index is 13.5. The Bertz CT molecular complexity index is 1170. The summed E-state index contributed by atoms with van der Waals surface area (Å²) >= 11 is 0. The zero-order valence-corrected chi connectivity index (χ0v) is 20.8. The van der Waals surface area contributed by atoms with Crippen molar-refractivity contribution in [3.8, 4) is 0 Å². The monoisotopic (exact) mass is 534 g/mol. The molecule has 0 saturated carbocycles. The lowest BCUT2D eigenvalue weighted by molar-refractivity contribution is -0.138. The summed E-state index contributed by atoms with van der Waals surface area (Å²) in [5.41, 5.74) is -1.60. The Morgan fingerprint density at radius 3 is 1.11 bits per heavy atom. The fourth-order valence-electron chi connectivity index (χ4n) is 3.93. The summed E-state index contributed by atoms with van der Waals surface area (Å²) in [4.78, 5) is 0. The first-order chi connectivity index (χ1) is 17.1. The van der Waals surface area contributed by atoms with Crippen LogP contribution in [0.4, 0.5) is 26.3 Å². The fraction of sp³-hybridized carbons (Fsp3) is 0.143. The predicted molar refractivity (Wildman–Crippen MR) is 138 cm³/mol. The number of hydrogen-bond donors (Lipinski definition) is 0. The van der Waals surface area contributed by atoms with Crippen LogP contribution in [0.3, 0.4) is 0 Å². The quantitative estimate of drug-likeness (QED) is 0.173. The van der Waals surface area contributed by atoms with E-state index in [2.05, 4.69) is 0 Å². The molecule has 0 aliphatic rings.